The number of aliphatic hydroxyl groups is 1. The molecular formula is C35H32N2O4. The Morgan fingerprint density at radius 1 is 0.927 bits per heavy atom. The minimum atomic E-state index is -1.17. The SMILES string of the molecule is C=CCN1C(=O)[C@@]2(Cc3ccccc31)N=C(c1ccc(OCCCO)cc1)O[C@H]2c1ccc(-c2ccccc2)cc1. The highest BCUT2D eigenvalue weighted by atomic mass is 16.5. The number of ether oxygens (including phenoxy) is 2. The van der Waals surface area contributed by atoms with Crippen LogP contribution in [0.25, 0.3) is 11.1 Å². The lowest BCUT2D eigenvalue weighted by molar-refractivity contribution is -0.126. The number of nitrogens with zero attached hydrogens (tertiary/aromatic N) is 2. The molecule has 2 aliphatic rings. The summed E-state index contributed by atoms with van der Waals surface area (Å²) in [5.41, 5.74) is 4.63. The van der Waals surface area contributed by atoms with Crippen LogP contribution in [0.5, 0.6) is 5.75 Å². The quantitative estimate of drug-likeness (QED) is 0.203. The van der Waals surface area contributed by atoms with Gasteiger partial charge in [0.15, 0.2) is 11.6 Å². The van der Waals surface area contributed by atoms with Crippen molar-refractivity contribution in [2.24, 2.45) is 4.99 Å². The number of fused-ring (bicyclic) bond motifs is 1. The summed E-state index contributed by atoms with van der Waals surface area (Å²) in [5, 5.41) is 9.03. The van der Waals surface area contributed by atoms with Crippen LogP contribution in [-0.4, -0.2) is 42.2 Å². The van der Waals surface area contributed by atoms with Gasteiger partial charge in [-0.05, 0) is 52.6 Å². The van der Waals surface area contributed by atoms with Gasteiger partial charge in [0.1, 0.15) is 5.75 Å². The predicted octanol–water partition coefficient (Wildman–Crippen LogP) is 6.15. The number of aliphatic imine (C=N–C) groups is 1. The van der Waals surface area contributed by atoms with Gasteiger partial charge in [0, 0.05) is 37.2 Å². The van der Waals surface area contributed by atoms with E-state index in [2.05, 4.69) is 36.9 Å². The molecular weight excluding hydrogens is 512 g/mol. The molecule has 2 atom stereocenters. The number of hydrogen-bond acceptors (Lipinski definition) is 5. The molecule has 0 aromatic heterocycles. The number of benzene rings is 4. The molecule has 2 heterocycles. The van der Waals surface area contributed by atoms with E-state index in [-0.39, 0.29) is 12.5 Å². The van der Waals surface area contributed by atoms with E-state index < -0.39 is 11.6 Å². The monoisotopic (exact) mass is 544 g/mol. The van der Waals surface area contributed by atoms with Crippen molar-refractivity contribution in [2.75, 3.05) is 24.7 Å². The van der Waals surface area contributed by atoms with E-state index in [9.17, 15) is 4.79 Å². The Morgan fingerprint density at radius 2 is 1.61 bits per heavy atom. The Balaban J connectivity index is 1.40. The smallest absolute Gasteiger partial charge is 0.259 e. The molecule has 6 nitrogen and oxygen atoms in total. The standard InChI is InChI=1S/C35H32N2O4/c1-2-21-37-31-12-7-6-11-29(31)24-35(34(37)39)32(27-15-13-26(14-16-27)25-9-4-3-5-10-25)41-33(36-35)28-17-19-30(20-18-28)40-23-8-22-38/h2-7,9-20,32,38H,1,8,21-24H2/t32-,35-/m0/s1. The second-order valence-corrected chi connectivity index (χ2v) is 10.3. The predicted molar refractivity (Wildman–Crippen MR) is 161 cm³/mol. The Kier molecular flexibility index (Phi) is 7.40. The third-order valence-corrected chi connectivity index (χ3v) is 7.63. The lowest BCUT2D eigenvalue weighted by Gasteiger charge is -2.40. The van der Waals surface area contributed by atoms with Crippen molar-refractivity contribution in [3.63, 3.8) is 0 Å². The second-order valence-electron chi connectivity index (χ2n) is 10.3. The molecule has 0 radical (unpaired) electrons. The zero-order valence-electron chi connectivity index (χ0n) is 22.8. The van der Waals surface area contributed by atoms with E-state index >= 15 is 0 Å². The van der Waals surface area contributed by atoms with E-state index in [0.29, 0.717) is 37.6 Å². The molecule has 2 aliphatic heterocycles. The van der Waals surface area contributed by atoms with Crippen molar-refractivity contribution >= 4 is 17.5 Å². The second kappa shape index (κ2) is 11.4. The lowest BCUT2D eigenvalue weighted by Crippen LogP contribution is -2.55. The molecule has 41 heavy (non-hydrogen) atoms. The Morgan fingerprint density at radius 3 is 2.34 bits per heavy atom. The average Bonchev–Trinajstić information content (AvgIpc) is 3.40. The average molecular weight is 545 g/mol. The molecule has 0 bridgehead atoms. The number of hydrogen-bond donors (Lipinski definition) is 1. The number of carbonyl (C=O) groups is 1. The number of rotatable bonds is 9. The van der Waals surface area contributed by atoms with Gasteiger partial charge < -0.3 is 19.5 Å². The van der Waals surface area contributed by atoms with E-state index in [1.165, 1.54) is 0 Å². The first-order chi connectivity index (χ1) is 20.1. The molecule has 206 valence electrons. The first-order valence-corrected chi connectivity index (χ1v) is 13.9. The van der Waals surface area contributed by atoms with Crippen molar-refractivity contribution in [2.45, 2.75) is 24.5 Å². The van der Waals surface area contributed by atoms with Crippen molar-refractivity contribution in [1.82, 2.24) is 0 Å². The molecule has 4 aromatic carbocycles. The van der Waals surface area contributed by atoms with E-state index in [0.717, 1.165) is 33.5 Å². The highest BCUT2D eigenvalue weighted by Crippen LogP contribution is 2.47. The van der Waals surface area contributed by atoms with Crippen molar-refractivity contribution in [1.29, 1.82) is 0 Å². The molecule has 6 heteroatoms. The lowest BCUT2D eigenvalue weighted by atomic mass is 9.78. The Hall–Kier alpha value is -4.68. The largest absolute Gasteiger partial charge is 0.494 e. The van der Waals surface area contributed by atoms with Gasteiger partial charge in [0.2, 0.25) is 5.90 Å². The van der Waals surface area contributed by atoms with Crippen LogP contribution in [0.2, 0.25) is 0 Å². The number of anilines is 1. The number of para-hydroxylation sites is 1. The fourth-order valence-electron chi connectivity index (χ4n) is 5.62. The topological polar surface area (TPSA) is 71.4 Å². The van der Waals surface area contributed by atoms with Crippen LogP contribution >= 0.6 is 0 Å². The molecule has 6 rings (SSSR count). The summed E-state index contributed by atoms with van der Waals surface area (Å²) in [4.78, 5) is 21.3. The van der Waals surface area contributed by atoms with Gasteiger partial charge in [-0.15, -0.1) is 6.58 Å². The van der Waals surface area contributed by atoms with Gasteiger partial charge in [-0.25, -0.2) is 4.99 Å². The Bertz CT molecular complexity index is 1560. The van der Waals surface area contributed by atoms with Gasteiger partial charge >= 0.3 is 0 Å². The minimum Gasteiger partial charge on any atom is -0.494 e. The van der Waals surface area contributed by atoms with E-state index in [1.54, 1.807) is 11.0 Å². The van der Waals surface area contributed by atoms with Crippen LogP contribution in [0.3, 0.4) is 0 Å². The summed E-state index contributed by atoms with van der Waals surface area (Å²) < 4.78 is 12.3. The van der Waals surface area contributed by atoms with E-state index in [4.69, 9.17) is 19.6 Å². The summed E-state index contributed by atoms with van der Waals surface area (Å²) in [5.74, 6) is 1.02. The van der Waals surface area contributed by atoms with Gasteiger partial charge in [-0.2, -0.15) is 0 Å². The summed E-state index contributed by atoms with van der Waals surface area (Å²) in [7, 11) is 0. The third kappa shape index (κ3) is 5.03. The van der Waals surface area contributed by atoms with Crippen LogP contribution in [0.4, 0.5) is 5.69 Å². The number of aliphatic hydroxyl groups excluding tert-OH is 1. The normalized spacial score (nSPS) is 19.4. The molecule has 0 saturated heterocycles. The summed E-state index contributed by atoms with van der Waals surface area (Å²) >= 11 is 0. The zero-order valence-corrected chi connectivity index (χ0v) is 22.8. The van der Waals surface area contributed by atoms with Crippen LogP contribution in [-0.2, 0) is 16.0 Å². The molecule has 0 saturated carbocycles. The molecule has 4 aromatic rings. The highest BCUT2D eigenvalue weighted by molar-refractivity contribution is 6.08. The van der Waals surface area contributed by atoms with Gasteiger partial charge in [-0.1, -0.05) is 78.9 Å². The fourth-order valence-corrected chi connectivity index (χ4v) is 5.62. The van der Waals surface area contributed by atoms with Crippen molar-refractivity contribution < 1.29 is 19.4 Å². The summed E-state index contributed by atoms with van der Waals surface area (Å²) in [6, 6.07) is 33.9. The maximum Gasteiger partial charge on any atom is 0.259 e. The molecule has 1 amide bonds. The first-order valence-electron chi connectivity index (χ1n) is 13.9. The van der Waals surface area contributed by atoms with E-state index in [1.807, 2.05) is 72.8 Å². The van der Waals surface area contributed by atoms with Crippen LogP contribution < -0.4 is 9.64 Å². The fraction of sp³-hybridized carbons (Fsp3) is 0.200. The number of amides is 1. The molecule has 1 spiro atoms. The minimum absolute atomic E-state index is 0.0819. The highest BCUT2D eigenvalue weighted by Gasteiger charge is 2.57. The molecule has 0 unspecified atom stereocenters. The summed E-state index contributed by atoms with van der Waals surface area (Å²) in [6.45, 7) is 4.80. The van der Waals surface area contributed by atoms with Crippen molar-refractivity contribution in [3.8, 4) is 16.9 Å². The maximum absolute atomic E-state index is 14.4. The first kappa shape index (κ1) is 26.5. The van der Waals surface area contributed by atoms with Crippen LogP contribution in [0.15, 0.2) is 121 Å². The number of carbonyl (C=O) groups excluding carboxylic acids is 1. The maximum atomic E-state index is 14.4. The van der Waals surface area contributed by atoms with Gasteiger partial charge in [0.25, 0.3) is 5.91 Å². The Labute approximate surface area is 240 Å². The molecule has 1 N–H and O–H groups in total. The van der Waals surface area contributed by atoms with Gasteiger partial charge in [-0.3, -0.25) is 4.79 Å². The van der Waals surface area contributed by atoms with Crippen LogP contribution in [0, 0.1) is 0 Å². The van der Waals surface area contributed by atoms with Crippen LogP contribution in [0.1, 0.15) is 29.2 Å². The third-order valence-electron chi connectivity index (χ3n) is 7.63. The van der Waals surface area contributed by atoms with Gasteiger partial charge in [0.05, 0.1) is 6.61 Å². The zero-order chi connectivity index (χ0) is 28.2. The molecule has 0 aliphatic carbocycles. The molecule has 0 fully saturated rings. The van der Waals surface area contributed by atoms with Crippen molar-refractivity contribution in [3.05, 3.63) is 132 Å². The summed E-state index contributed by atoms with van der Waals surface area (Å²) in [6.07, 6.45) is 2.12.